The Morgan fingerprint density at radius 1 is 0.929 bits per heavy atom. The van der Waals surface area contributed by atoms with Crippen LogP contribution in [0.25, 0.3) is 0 Å². The maximum atomic E-state index is 2.39. The molecule has 0 aromatic heterocycles. The second-order valence-corrected chi connectivity index (χ2v) is 6.03. The van der Waals surface area contributed by atoms with Gasteiger partial charge in [-0.15, -0.1) is 0 Å². The molecule has 0 atom stereocenters. The minimum atomic E-state index is 0. The molecule has 0 aliphatic heterocycles. The monoisotopic (exact) mass is 218 g/mol. The van der Waals surface area contributed by atoms with E-state index in [2.05, 4.69) is 53.7 Å². The summed E-state index contributed by atoms with van der Waals surface area (Å²) in [7, 11) is 0. The van der Waals surface area contributed by atoms with Crippen LogP contribution in [0.1, 0.15) is 48.0 Å². The Morgan fingerprint density at radius 3 is 1.64 bits per heavy atom. The van der Waals surface area contributed by atoms with Crippen LogP contribution in [0, 0.1) is 10.8 Å². The molecule has 0 saturated heterocycles. The first-order chi connectivity index (χ1) is 5.71. The van der Waals surface area contributed by atoms with Crippen molar-refractivity contribution in [2.24, 2.45) is 10.8 Å². The third-order valence-electron chi connectivity index (χ3n) is 2.70. The predicted molar refractivity (Wildman–Crippen MR) is 66.8 cm³/mol. The van der Waals surface area contributed by atoms with E-state index in [1.807, 2.05) is 0 Å². The van der Waals surface area contributed by atoms with E-state index in [0.29, 0.717) is 10.8 Å². The molecule has 76 valence electrons. The first kappa shape index (κ1) is 15.1. The van der Waals surface area contributed by atoms with E-state index in [-0.39, 0.29) is 51.4 Å². The Balaban J connectivity index is 0.00000169. The molecule has 0 aromatic rings. The summed E-state index contributed by atoms with van der Waals surface area (Å²) >= 11 is 0. The van der Waals surface area contributed by atoms with Gasteiger partial charge in [-0.3, -0.25) is 0 Å². The summed E-state index contributed by atoms with van der Waals surface area (Å²) in [6.45, 7) is 13.7. The second kappa shape index (κ2) is 4.97. The first-order valence-electron chi connectivity index (χ1n) is 5.13. The molecule has 0 spiro atoms. The summed E-state index contributed by atoms with van der Waals surface area (Å²) in [4.78, 5) is 0. The molecule has 0 fully saturated rings. The van der Waals surface area contributed by atoms with E-state index >= 15 is 0 Å². The Labute approximate surface area is 132 Å². The molecule has 1 aliphatic rings. The predicted octanol–water partition coefficient (Wildman–Crippen LogP) is 3.69. The van der Waals surface area contributed by atoms with Crippen LogP contribution in [-0.2, 0) is 0 Å². The molecular formula is C13H23K. The fourth-order valence-corrected chi connectivity index (χ4v) is 1.57. The Morgan fingerprint density at radius 2 is 1.43 bits per heavy atom. The summed E-state index contributed by atoms with van der Waals surface area (Å²) in [6.07, 6.45) is 5.91. The summed E-state index contributed by atoms with van der Waals surface area (Å²) < 4.78 is 0. The molecule has 1 rings (SSSR count). The van der Waals surface area contributed by atoms with Gasteiger partial charge in [0.1, 0.15) is 0 Å². The van der Waals surface area contributed by atoms with Crippen molar-refractivity contribution in [3.05, 3.63) is 23.3 Å². The van der Waals surface area contributed by atoms with Crippen molar-refractivity contribution in [2.75, 3.05) is 0 Å². The van der Waals surface area contributed by atoms with Crippen LogP contribution in [0.4, 0.5) is 0 Å². The number of hydrogen-bond acceptors (Lipinski definition) is 0. The SMILES string of the molecule is CC(C)(C)C1=CCC(C(C)(C)C)=C1.[KH]. The van der Waals surface area contributed by atoms with Gasteiger partial charge >= 0.3 is 51.4 Å². The van der Waals surface area contributed by atoms with Crippen LogP contribution in [0.5, 0.6) is 0 Å². The molecule has 0 bridgehead atoms. The summed E-state index contributed by atoms with van der Waals surface area (Å²) in [6, 6.07) is 0. The van der Waals surface area contributed by atoms with Gasteiger partial charge in [-0.1, -0.05) is 59.3 Å². The van der Waals surface area contributed by atoms with Crippen LogP contribution in [0.15, 0.2) is 23.3 Å². The van der Waals surface area contributed by atoms with E-state index in [0.717, 1.165) is 6.42 Å². The molecule has 0 aromatic carbocycles. The third-order valence-corrected chi connectivity index (χ3v) is 2.70. The van der Waals surface area contributed by atoms with Crippen LogP contribution in [0.2, 0.25) is 0 Å². The summed E-state index contributed by atoms with van der Waals surface area (Å²) in [5.74, 6) is 0. The van der Waals surface area contributed by atoms with Crippen molar-refractivity contribution in [3.8, 4) is 0 Å². The molecule has 0 heterocycles. The average molecular weight is 218 g/mol. The zero-order valence-electron chi connectivity index (χ0n) is 9.86. The van der Waals surface area contributed by atoms with Crippen molar-refractivity contribution in [1.82, 2.24) is 0 Å². The molecule has 1 aliphatic carbocycles. The molecule has 0 unspecified atom stereocenters. The van der Waals surface area contributed by atoms with Crippen LogP contribution in [-0.4, -0.2) is 51.4 Å². The van der Waals surface area contributed by atoms with Gasteiger partial charge in [-0.05, 0) is 22.8 Å². The van der Waals surface area contributed by atoms with Crippen molar-refractivity contribution >= 4 is 51.4 Å². The molecular weight excluding hydrogens is 195 g/mol. The van der Waals surface area contributed by atoms with Crippen molar-refractivity contribution < 1.29 is 0 Å². The normalized spacial score (nSPS) is 17.3. The maximum absolute atomic E-state index is 2.39. The second-order valence-electron chi connectivity index (χ2n) is 6.03. The average Bonchev–Trinajstić information content (AvgIpc) is 2.28. The van der Waals surface area contributed by atoms with Crippen molar-refractivity contribution in [3.63, 3.8) is 0 Å². The number of hydrogen-bond donors (Lipinski definition) is 0. The van der Waals surface area contributed by atoms with E-state index < -0.39 is 0 Å². The van der Waals surface area contributed by atoms with Gasteiger partial charge in [0.25, 0.3) is 0 Å². The molecule has 0 radical (unpaired) electrons. The van der Waals surface area contributed by atoms with Gasteiger partial charge in [0.05, 0.1) is 0 Å². The van der Waals surface area contributed by atoms with E-state index in [4.69, 9.17) is 0 Å². The Kier molecular flexibility index (Phi) is 5.36. The quantitative estimate of drug-likeness (QED) is 0.544. The van der Waals surface area contributed by atoms with Crippen LogP contribution >= 0.6 is 0 Å². The summed E-state index contributed by atoms with van der Waals surface area (Å²) in [5.41, 5.74) is 3.71. The van der Waals surface area contributed by atoms with E-state index in [1.165, 1.54) is 5.57 Å². The fraction of sp³-hybridized carbons (Fsp3) is 0.692. The molecule has 0 amide bonds. The van der Waals surface area contributed by atoms with Crippen molar-refractivity contribution in [2.45, 2.75) is 48.0 Å². The van der Waals surface area contributed by atoms with Gasteiger partial charge in [-0.2, -0.15) is 0 Å². The zero-order valence-corrected chi connectivity index (χ0v) is 9.86. The van der Waals surface area contributed by atoms with Gasteiger partial charge in [0.15, 0.2) is 0 Å². The molecule has 14 heavy (non-hydrogen) atoms. The van der Waals surface area contributed by atoms with Crippen LogP contribution in [0.3, 0.4) is 0 Å². The van der Waals surface area contributed by atoms with Gasteiger partial charge < -0.3 is 0 Å². The van der Waals surface area contributed by atoms with E-state index in [1.54, 1.807) is 5.57 Å². The topological polar surface area (TPSA) is 0 Å². The first-order valence-corrected chi connectivity index (χ1v) is 5.13. The molecule has 0 nitrogen and oxygen atoms in total. The van der Waals surface area contributed by atoms with Gasteiger partial charge in [0, 0.05) is 0 Å². The fourth-order valence-electron chi connectivity index (χ4n) is 1.57. The number of rotatable bonds is 0. The standard InChI is InChI=1S/C13H22.K.H/c1-12(2,3)10-7-8-11(9-10)13(4,5)6;;/h7,9H,8H2,1-6H3;;. The zero-order chi connectivity index (χ0) is 10.3. The molecule has 0 saturated carbocycles. The Bertz CT molecular complexity index is 256. The third kappa shape index (κ3) is 3.94. The van der Waals surface area contributed by atoms with Crippen molar-refractivity contribution in [1.29, 1.82) is 0 Å². The van der Waals surface area contributed by atoms with Gasteiger partial charge in [0.2, 0.25) is 0 Å². The van der Waals surface area contributed by atoms with Gasteiger partial charge in [-0.25, -0.2) is 0 Å². The minimum absolute atomic E-state index is 0. The summed E-state index contributed by atoms with van der Waals surface area (Å²) in [5, 5.41) is 0. The molecule has 0 N–H and O–H groups in total. The number of allylic oxidation sites excluding steroid dienone is 4. The van der Waals surface area contributed by atoms with E-state index in [9.17, 15) is 0 Å². The molecule has 1 heteroatoms. The Hall–Kier alpha value is 1.12. The van der Waals surface area contributed by atoms with Crippen LogP contribution < -0.4 is 0 Å².